The molecule has 5 rings (SSSR count). The van der Waals surface area contributed by atoms with Gasteiger partial charge in [0.25, 0.3) is 5.69 Å². The third kappa shape index (κ3) is 3.57. The molecule has 0 saturated heterocycles. The van der Waals surface area contributed by atoms with Crippen LogP contribution in [0.4, 0.5) is 17.1 Å². The highest BCUT2D eigenvalue weighted by atomic mass is 16.6. The summed E-state index contributed by atoms with van der Waals surface area (Å²) in [4.78, 5) is 28.2. The second-order valence-corrected chi connectivity index (χ2v) is 7.31. The van der Waals surface area contributed by atoms with Crippen molar-refractivity contribution < 1.29 is 9.34 Å². The molecule has 7 nitrogen and oxygen atoms in total. The Labute approximate surface area is 176 Å². The number of nitrogens with zero attached hydrogens (tertiary/aromatic N) is 2. The third-order valence-electron chi connectivity index (χ3n) is 5.35. The fourth-order valence-electron chi connectivity index (χ4n) is 3.78. The number of hydrogen-bond donors (Lipinski definition) is 1. The standard InChI is InChI=1S/C24H17N3O4/c28-24-18(13-16-5-1-4-8-23(16)31-24)22-14-21(15-9-11-17(12-10-15)27(29)30)25-19-6-2-3-7-20(19)26-22/h1-13,21,25H,14H2. The van der Waals surface area contributed by atoms with Gasteiger partial charge in [-0.2, -0.15) is 0 Å². The molecule has 31 heavy (non-hydrogen) atoms. The van der Waals surface area contributed by atoms with Crippen LogP contribution in [-0.2, 0) is 0 Å². The van der Waals surface area contributed by atoms with E-state index >= 15 is 0 Å². The molecule has 152 valence electrons. The lowest BCUT2D eigenvalue weighted by molar-refractivity contribution is -0.384. The predicted molar refractivity (Wildman–Crippen MR) is 119 cm³/mol. The monoisotopic (exact) mass is 411 g/mol. The lowest BCUT2D eigenvalue weighted by Gasteiger charge is -2.19. The van der Waals surface area contributed by atoms with Crippen molar-refractivity contribution in [1.82, 2.24) is 0 Å². The van der Waals surface area contributed by atoms with Gasteiger partial charge < -0.3 is 9.73 Å². The predicted octanol–water partition coefficient (Wildman–Crippen LogP) is 5.38. The number of non-ortho nitro benzene ring substituents is 1. The van der Waals surface area contributed by atoms with Gasteiger partial charge in [-0.3, -0.25) is 15.1 Å². The van der Waals surface area contributed by atoms with Crippen molar-refractivity contribution in [3.05, 3.63) is 111 Å². The van der Waals surface area contributed by atoms with Gasteiger partial charge in [-0.05, 0) is 29.8 Å². The molecule has 1 aromatic heterocycles. The number of nitro groups is 1. The molecule has 0 bridgehead atoms. The third-order valence-corrected chi connectivity index (χ3v) is 5.35. The topological polar surface area (TPSA) is 97.7 Å². The normalized spacial score (nSPS) is 15.5. The van der Waals surface area contributed by atoms with Gasteiger partial charge >= 0.3 is 5.63 Å². The number of hydrogen-bond acceptors (Lipinski definition) is 6. The molecule has 0 amide bonds. The van der Waals surface area contributed by atoms with E-state index in [0.29, 0.717) is 23.3 Å². The van der Waals surface area contributed by atoms with Crippen LogP contribution in [0, 0.1) is 10.1 Å². The van der Waals surface area contributed by atoms with Crippen molar-refractivity contribution in [3.63, 3.8) is 0 Å². The maximum absolute atomic E-state index is 12.8. The maximum Gasteiger partial charge on any atom is 0.345 e. The zero-order chi connectivity index (χ0) is 21.4. The van der Waals surface area contributed by atoms with E-state index in [1.807, 2.05) is 42.5 Å². The largest absolute Gasteiger partial charge is 0.422 e. The highest BCUT2D eigenvalue weighted by Gasteiger charge is 2.23. The van der Waals surface area contributed by atoms with E-state index in [4.69, 9.17) is 9.41 Å². The first-order chi connectivity index (χ1) is 15.1. The number of fused-ring (bicyclic) bond motifs is 2. The molecule has 1 N–H and O–H groups in total. The molecule has 1 aliphatic heterocycles. The summed E-state index contributed by atoms with van der Waals surface area (Å²) in [5.41, 5.74) is 3.52. The summed E-state index contributed by atoms with van der Waals surface area (Å²) in [7, 11) is 0. The van der Waals surface area contributed by atoms with Crippen LogP contribution in [0.25, 0.3) is 11.0 Å². The minimum Gasteiger partial charge on any atom is -0.422 e. The number of anilines is 1. The fraction of sp³-hybridized carbons (Fsp3) is 0.0833. The van der Waals surface area contributed by atoms with E-state index in [9.17, 15) is 14.9 Å². The van der Waals surface area contributed by atoms with Crippen LogP contribution >= 0.6 is 0 Å². The Morgan fingerprint density at radius 2 is 1.74 bits per heavy atom. The Morgan fingerprint density at radius 1 is 1.00 bits per heavy atom. The Morgan fingerprint density at radius 3 is 2.55 bits per heavy atom. The Kier molecular flexibility index (Phi) is 4.55. The van der Waals surface area contributed by atoms with Gasteiger partial charge in [-0.25, -0.2) is 4.79 Å². The van der Waals surface area contributed by atoms with Crippen molar-refractivity contribution in [2.45, 2.75) is 12.5 Å². The summed E-state index contributed by atoms with van der Waals surface area (Å²) >= 11 is 0. The van der Waals surface area contributed by atoms with Crippen molar-refractivity contribution in [2.24, 2.45) is 4.99 Å². The van der Waals surface area contributed by atoms with Gasteiger partial charge in [0.2, 0.25) is 0 Å². The Bertz CT molecular complexity index is 1390. The second kappa shape index (κ2) is 7.53. The van der Waals surface area contributed by atoms with E-state index in [0.717, 1.165) is 22.3 Å². The first-order valence-corrected chi connectivity index (χ1v) is 9.79. The Hall–Kier alpha value is -4.26. The van der Waals surface area contributed by atoms with Gasteiger partial charge in [0.05, 0.1) is 33.6 Å². The minimum absolute atomic E-state index is 0.0295. The molecule has 1 aliphatic rings. The SMILES string of the molecule is O=c1oc2ccccc2cc1C1=Nc2ccccc2NC(c2ccc([N+](=O)[O-])cc2)C1. The molecule has 0 spiro atoms. The molecule has 1 atom stereocenters. The number of benzene rings is 3. The van der Waals surface area contributed by atoms with Gasteiger partial charge in [0.15, 0.2) is 0 Å². The maximum atomic E-state index is 12.8. The van der Waals surface area contributed by atoms with Crippen molar-refractivity contribution in [1.29, 1.82) is 0 Å². The first-order valence-electron chi connectivity index (χ1n) is 9.79. The summed E-state index contributed by atoms with van der Waals surface area (Å²) in [5, 5.41) is 15.3. The van der Waals surface area contributed by atoms with Crippen LogP contribution in [0.2, 0.25) is 0 Å². The molecular formula is C24H17N3O4. The molecule has 0 aliphatic carbocycles. The molecule has 2 heterocycles. The highest BCUT2D eigenvalue weighted by Crippen LogP contribution is 2.35. The second-order valence-electron chi connectivity index (χ2n) is 7.31. The Balaban J connectivity index is 1.63. The minimum atomic E-state index is -0.445. The van der Waals surface area contributed by atoms with E-state index in [1.165, 1.54) is 12.1 Å². The van der Waals surface area contributed by atoms with Crippen molar-refractivity contribution >= 4 is 33.7 Å². The average molecular weight is 411 g/mol. The average Bonchev–Trinajstić information content (AvgIpc) is 2.98. The van der Waals surface area contributed by atoms with Crippen LogP contribution in [0.15, 0.2) is 93.1 Å². The van der Waals surface area contributed by atoms with Crippen molar-refractivity contribution in [2.75, 3.05) is 5.32 Å². The molecule has 0 radical (unpaired) electrons. The molecule has 7 heteroatoms. The van der Waals surface area contributed by atoms with Gasteiger partial charge in [0, 0.05) is 23.9 Å². The molecule has 0 saturated carbocycles. The van der Waals surface area contributed by atoms with Crippen LogP contribution in [0.1, 0.15) is 23.6 Å². The summed E-state index contributed by atoms with van der Waals surface area (Å²) in [6.45, 7) is 0. The van der Waals surface area contributed by atoms with Gasteiger partial charge in [0.1, 0.15) is 5.58 Å². The first kappa shape index (κ1) is 18.7. The fourth-order valence-corrected chi connectivity index (χ4v) is 3.78. The summed E-state index contributed by atoms with van der Waals surface area (Å²) in [6.07, 6.45) is 0.412. The molecule has 4 aromatic rings. The number of rotatable bonds is 3. The zero-order valence-corrected chi connectivity index (χ0v) is 16.3. The number of para-hydroxylation sites is 3. The van der Waals surface area contributed by atoms with Crippen LogP contribution < -0.4 is 10.9 Å². The molecule has 1 unspecified atom stereocenters. The lowest BCUT2D eigenvalue weighted by atomic mass is 9.97. The van der Waals surface area contributed by atoms with Gasteiger partial charge in [-0.1, -0.05) is 42.5 Å². The smallest absolute Gasteiger partial charge is 0.345 e. The van der Waals surface area contributed by atoms with Gasteiger partial charge in [-0.15, -0.1) is 0 Å². The molecular weight excluding hydrogens is 394 g/mol. The summed E-state index contributed by atoms with van der Waals surface area (Å²) in [5.74, 6) is 0. The number of aliphatic imine (C=N–C) groups is 1. The lowest BCUT2D eigenvalue weighted by Crippen LogP contribution is -2.19. The van der Waals surface area contributed by atoms with Crippen LogP contribution in [-0.4, -0.2) is 10.6 Å². The molecule has 3 aromatic carbocycles. The van der Waals surface area contributed by atoms with Crippen LogP contribution in [0.5, 0.6) is 0 Å². The zero-order valence-electron chi connectivity index (χ0n) is 16.3. The van der Waals surface area contributed by atoms with E-state index in [-0.39, 0.29) is 11.7 Å². The summed E-state index contributed by atoms with van der Waals surface area (Å²) in [6, 6.07) is 22.9. The van der Waals surface area contributed by atoms with E-state index < -0.39 is 10.5 Å². The molecule has 0 fully saturated rings. The quantitative estimate of drug-likeness (QED) is 0.277. The van der Waals surface area contributed by atoms with Crippen LogP contribution in [0.3, 0.4) is 0 Å². The van der Waals surface area contributed by atoms with E-state index in [1.54, 1.807) is 24.3 Å². The number of nitro benzene ring substituents is 1. The summed E-state index contributed by atoms with van der Waals surface area (Å²) < 4.78 is 5.53. The number of nitrogens with one attached hydrogen (secondary N) is 1. The highest BCUT2D eigenvalue weighted by molar-refractivity contribution is 6.05. The van der Waals surface area contributed by atoms with E-state index in [2.05, 4.69) is 5.32 Å². The van der Waals surface area contributed by atoms with Crippen molar-refractivity contribution in [3.8, 4) is 0 Å².